The molecule has 0 unspecified atom stereocenters. The molecule has 200 valence electrons. The smallest absolute Gasteiger partial charge is 0.451 e. The highest BCUT2D eigenvalue weighted by Gasteiger charge is 2.35. The van der Waals surface area contributed by atoms with E-state index >= 15 is 0 Å². The number of phenols is 1. The van der Waals surface area contributed by atoms with Crippen molar-refractivity contribution in [3.8, 4) is 22.7 Å². The van der Waals surface area contributed by atoms with Crippen LogP contribution in [0.3, 0.4) is 0 Å². The molecule has 0 atom stereocenters. The minimum atomic E-state index is -4.80. The average Bonchev–Trinajstić information content (AvgIpc) is 3.29. The van der Waals surface area contributed by atoms with Crippen LogP contribution in [0.4, 0.5) is 13.2 Å². The van der Waals surface area contributed by atoms with Crippen LogP contribution in [0.25, 0.3) is 28.0 Å². The van der Waals surface area contributed by atoms with E-state index in [1.807, 2.05) is 0 Å². The lowest BCUT2D eigenvalue weighted by Gasteiger charge is -2.14. The van der Waals surface area contributed by atoms with Crippen molar-refractivity contribution in [3.05, 3.63) is 94.1 Å². The lowest BCUT2D eigenvalue weighted by molar-refractivity contribution is -0.144. The Kier molecular flexibility index (Phi) is 6.06. The number of rotatable bonds is 4. The van der Waals surface area contributed by atoms with Crippen molar-refractivity contribution in [2.24, 2.45) is 0 Å². The summed E-state index contributed by atoms with van der Waals surface area (Å²) in [7, 11) is -4.39. The molecule has 3 aromatic heterocycles. The number of alkyl halides is 3. The molecule has 0 saturated carbocycles. The molecule has 0 saturated heterocycles. The Morgan fingerprint density at radius 1 is 0.923 bits per heavy atom. The number of aromatic nitrogens is 5. The van der Waals surface area contributed by atoms with Crippen LogP contribution in [0, 0.1) is 20.8 Å². The minimum absolute atomic E-state index is 0.0512. The molecule has 2 aromatic carbocycles. The molecule has 3 heterocycles. The van der Waals surface area contributed by atoms with E-state index in [9.17, 15) is 31.5 Å². The van der Waals surface area contributed by atoms with Crippen molar-refractivity contribution in [3.63, 3.8) is 0 Å². The number of hydrogen-bond acceptors (Lipinski definition) is 7. The first-order valence-electron chi connectivity index (χ1n) is 11.4. The molecule has 5 aromatic rings. The highest BCUT2D eigenvalue weighted by atomic mass is 32.2. The molecular weight excluding hydrogens is 535 g/mol. The zero-order valence-electron chi connectivity index (χ0n) is 20.7. The quantitative estimate of drug-likeness (QED) is 0.346. The molecule has 0 aliphatic rings. The third-order valence-electron chi connectivity index (χ3n) is 6.28. The molecule has 0 radical (unpaired) electrons. The van der Waals surface area contributed by atoms with E-state index in [-0.39, 0.29) is 32.9 Å². The van der Waals surface area contributed by atoms with Gasteiger partial charge in [0.15, 0.2) is 5.65 Å². The second-order valence-electron chi connectivity index (χ2n) is 8.94. The van der Waals surface area contributed by atoms with E-state index in [0.717, 1.165) is 28.3 Å². The maximum atomic E-state index is 13.8. The van der Waals surface area contributed by atoms with Gasteiger partial charge in [0.25, 0.3) is 15.6 Å². The van der Waals surface area contributed by atoms with Crippen molar-refractivity contribution in [1.29, 1.82) is 0 Å². The number of hydrogen-bond donors (Lipinski definition) is 1. The maximum absolute atomic E-state index is 13.8. The summed E-state index contributed by atoms with van der Waals surface area (Å²) >= 11 is 0. The summed E-state index contributed by atoms with van der Waals surface area (Å²) < 4.78 is 68.8. The second-order valence-corrected chi connectivity index (χ2v) is 10.7. The Bertz CT molecular complexity index is 1910. The van der Waals surface area contributed by atoms with Crippen molar-refractivity contribution >= 4 is 21.1 Å². The van der Waals surface area contributed by atoms with E-state index in [0.29, 0.717) is 16.8 Å². The van der Waals surface area contributed by atoms with Gasteiger partial charge in [-0.25, -0.2) is 27.3 Å². The molecule has 0 amide bonds. The molecule has 13 heteroatoms. The Morgan fingerprint density at radius 2 is 1.56 bits per heavy atom. The molecule has 0 fully saturated rings. The number of phenolic OH excluding ortho intramolecular Hbond substituents is 1. The number of benzene rings is 2. The van der Waals surface area contributed by atoms with Crippen LogP contribution in [-0.4, -0.2) is 37.0 Å². The number of nitrogens with zero attached hydrogens (tertiary/aromatic N) is 5. The molecular formula is C26H20F3N5O4S. The van der Waals surface area contributed by atoms with Gasteiger partial charge in [-0.1, -0.05) is 23.8 Å². The fourth-order valence-electron chi connectivity index (χ4n) is 4.28. The van der Waals surface area contributed by atoms with Gasteiger partial charge in [-0.15, -0.1) is 0 Å². The SMILES string of the molecule is Cc1ccc(S(=O)(=O)n2c(-c3cnc(C(F)(F)F)nc3)cc3c(=O)n(-c4c(C)ccc(O)c4C)cnc32)cc1. The van der Waals surface area contributed by atoms with Gasteiger partial charge in [0.2, 0.25) is 5.82 Å². The van der Waals surface area contributed by atoms with Gasteiger partial charge < -0.3 is 5.11 Å². The van der Waals surface area contributed by atoms with E-state index < -0.39 is 27.6 Å². The van der Waals surface area contributed by atoms with Crippen molar-refractivity contribution in [2.75, 3.05) is 0 Å². The molecule has 1 N–H and O–H groups in total. The van der Waals surface area contributed by atoms with E-state index in [2.05, 4.69) is 15.0 Å². The summed E-state index contributed by atoms with van der Waals surface area (Å²) in [5, 5.41) is 10.1. The molecule has 0 spiro atoms. The standard InChI is InChI=1S/C26H20F3N5O4S/c1-14-4-7-18(8-5-14)39(37,38)34-20(17-11-30-25(31-12-17)26(27,28)29)10-19-23(34)32-13-33(24(19)36)22-15(2)6-9-21(35)16(22)3/h4-13,35H,1-3H3. The van der Waals surface area contributed by atoms with Crippen LogP contribution in [0.5, 0.6) is 5.75 Å². The Hall–Kier alpha value is -4.52. The second kappa shape index (κ2) is 9.05. The van der Waals surface area contributed by atoms with Crippen LogP contribution < -0.4 is 5.56 Å². The Balaban J connectivity index is 1.83. The van der Waals surface area contributed by atoms with Crippen LogP contribution >= 0.6 is 0 Å². The number of aromatic hydroxyl groups is 1. The fraction of sp³-hybridized carbons (Fsp3) is 0.154. The molecule has 0 aliphatic carbocycles. The first-order valence-corrected chi connectivity index (χ1v) is 12.9. The summed E-state index contributed by atoms with van der Waals surface area (Å²) in [5.41, 5.74) is 1.12. The number of halogens is 3. The predicted molar refractivity (Wildman–Crippen MR) is 136 cm³/mol. The summed E-state index contributed by atoms with van der Waals surface area (Å²) in [6, 6.07) is 10.3. The normalized spacial score (nSPS) is 12.3. The molecule has 39 heavy (non-hydrogen) atoms. The highest BCUT2D eigenvalue weighted by Crippen LogP contribution is 2.32. The van der Waals surface area contributed by atoms with Gasteiger partial charge in [-0.05, 0) is 50.6 Å². The number of fused-ring (bicyclic) bond motifs is 1. The summed E-state index contributed by atoms with van der Waals surface area (Å²) in [4.78, 5) is 24.6. The zero-order valence-corrected chi connectivity index (χ0v) is 21.5. The largest absolute Gasteiger partial charge is 0.508 e. The Labute approximate surface area is 219 Å². The first kappa shape index (κ1) is 26.1. The van der Waals surface area contributed by atoms with E-state index in [1.54, 1.807) is 39.0 Å². The summed E-state index contributed by atoms with van der Waals surface area (Å²) in [6.45, 7) is 5.13. The lowest BCUT2D eigenvalue weighted by atomic mass is 10.1. The lowest BCUT2D eigenvalue weighted by Crippen LogP contribution is -2.21. The van der Waals surface area contributed by atoms with Gasteiger partial charge in [-0.3, -0.25) is 9.36 Å². The van der Waals surface area contributed by atoms with Crippen LogP contribution in [0.1, 0.15) is 22.5 Å². The Morgan fingerprint density at radius 3 is 2.18 bits per heavy atom. The van der Waals surface area contributed by atoms with Crippen LogP contribution in [-0.2, 0) is 16.2 Å². The summed E-state index contributed by atoms with van der Waals surface area (Å²) in [6.07, 6.45) is -1.97. The van der Waals surface area contributed by atoms with Gasteiger partial charge in [0.1, 0.15) is 12.1 Å². The van der Waals surface area contributed by atoms with E-state index in [1.165, 1.54) is 28.8 Å². The van der Waals surface area contributed by atoms with Crippen molar-refractivity contribution < 1.29 is 26.7 Å². The van der Waals surface area contributed by atoms with Gasteiger partial charge in [0.05, 0.1) is 21.7 Å². The van der Waals surface area contributed by atoms with Crippen molar-refractivity contribution in [1.82, 2.24) is 23.5 Å². The van der Waals surface area contributed by atoms with Crippen LogP contribution in [0.2, 0.25) is 0 Å². The molecule has 0 aliphatic heterocycles. The molecule has 0 bridgehead atoms. The van der Waals surface area contributed by atoms with Crippen molar-refractivity contribution in [2.45, 2.75) is 31.8 Å². The van der Waals surface area contributed by atoms with Gasteiger partial charge in [-0.2, -0.15) is 13.2 Å². The molecule has 9 nitrogen and oxygen atoms in total. The molecule has 5 rings (SSSR count). The van der Waals surface area contributed by atoms with Gasteiger partial charge in [0, 0.05) is 23.5 Å². The monoisotopic (exact) mass is 555 g/mol. The third-order valence-corrected chi connectivity index (χ3v) is 8.00. The topological polar surface area (TPSA) is 120 Å². The maximum Gasteiger partial charge on any atom is 0.451 e. The zero-order chi connectivity index (χ0) is 28.3. The predicted octanol–water partition coefficient (Wildman–Crippen LogP) is 4.53. The average molecular weight is 556 g/mol. The highest BCUT2D eigenvalue weighted by molar-refractivity contribution is 7.90. The van der Waals surface area contributed by atoms with E-state index in [4.69, 9.17) is 0 Å². The first-order chi connectivity index (χ1) is 18.3. The summed E-state index contributed by atoms with van der Waals surface area (Å²) in [5.74, 6) is -1.45. The van der Waals surface area contributed by atoms with Crippen LogP contribution in [0.15, 0.2) is 70.9 Å². The third kappa shape index (κ3) is 4.34. The number of aryl methyl sites for hydroxylation is 2. The van der Waals surface area contributed by atoms with Gasteiger partial charge >= 0.3 is 6.18 Å². The minimum Gasteiger partial charge on any atom is -0.508 e. The fourth-order valence-corrected chi connectivity index (χ4v) is 5.76.